The Labute approximate surface area is 98.0 Å². The molecule has 1 aliphatic rings. The van der Waals surface area contributed by atoms with Crippen molar-refractivity contribution in [2.45, 2.75) is 18.9 Å². The summed E-state index contributed by atoms with van der Waals surface area (Å²) >= 11 is 0. The van der Waals surface area contributed by atoms with E-state index in [0.717, 1.165) is 13.1 Å². The van der Waals surface area contributed by atoms with Crippen molar-refractivity contribution in [2.75, 3.05) is 18.4 Å². The molecule has 1 unspecified atom stereocenters. The van der Waals surface area contributed by atoms with Crippen molar-refractivity contribution in [3.63, 3.8) is 0 Å². The number of fused-ring (bicyclic) bond motifs is 1. The summed E-state index contributed by atoms with van der Waals surface area (Å²) in [5, 5.41) is 10.7. The van der Waals surface area contributed by atoms with E-state index in [1.54, 1.807) is 6.07 Å². The smallest absolute Gasteiger partial charge is 0.243 e. The number of halogens is 1. The third-order valence-corrected chi connectivity index (χ3v) is 2.96. The molecule has 1 fully saturated rings. The van der Waals surface area contributed by atoms with Gasteiger partial charge in [-0.25, -0.2) is 8.91 Å². The highest BCUT2D eigenvalue weighted by Crippen LogP contribution is 2.09. The van der Waals surface area contributed by atoms with E-state index < -0.39 is 0 Å². The lowest BCUT2D eigenvalue weighted by molar-refractivity contribution is 0.614. The monoisotopic (exact) mass is 235 g/mol. The van der Waals surface area contributed by atoms with Gasteiger partial charge in [-0.1, -0.05) is 0 Å². The zero-order valence-electron chi connectivity index (χ0n) is 9.36. The van der Waals surface area contributed by atoms with Crippen molar-refractivity contribution in [2.24, 2.45) is 0 Å². The van der Waals surface area contributed by atoms with Gasteiger partial charge in [0.1, 0.15) is 5.82 Å². The standard InChI is InChI=1S/C11H14FN5/c12-8-3-4-10-15-11(16-17(10)7-8)14-6-9-2-1-5-13-9/h3-4,7,9,13H,1-2,5-6H2,(H,14,16). The summed E-state index contributed by atoms with van der Waals surface area (Å²) in [6.45, 7) is 1.88. The molecule has 90 valence electrons. The Kier molecular flexibility index (Phi) is 2.64. The normalized spacial score (nSPS) is 19.9. The molecule has 0 aromatic carbocycles. The highest BCUT2D eigenvalue weighted by Gasteiger charge is 2.14. The van der Waals surface area contributed by atoms with Crippen molar-refractivity contribution in [1.29, 1.82) is 0 Å². The van der Waals surface area contributed by atoms with E-state index in [9.17, 15) is 4.39 Å². The van der Waals surface area contributed by atoms with Crippen LogP contribution in [0.1, 0.15) is 12.8 Å². The highest BCUT2D eigenvalue weighted by atomic mass is 19.1. The lowest BCUT2D eigenvalue weighted by Gasteiger charge is -2.09. The highest BCUT2D eigenvalue weighted by molar-refractivity contribution is 5.43. The van der Waals surface area contributed by atoms with Crippen molar-refractivity contribution >= 4 is 11.6 Å². The van der Waals surface area contributed by atoms with Crippen LogP contribution in [0.4, 0.5) is 10.3 Å². The molecule has 0 saturated carbocycles. The first-order chi connectivity index (χ1) is 8.31. The Morgan fingerprint density at radius 2 is 2.47 bits per heavy atom. The molecule has 0 radical (unpaired) electrons. The first-order valence-electron chi connectivity index (χ1n) is 5.80. The zero-order valence-corrected chi connectivity index (χ0v) is 9.36. The number of hydrogen-bond donors (Lipinski definition) is 2. The van der Waals surface area contributed by atoms with Gasteiger partial charge in [0, 0.05) is 12.6 Å². The first-order valence-corrected chi connectivity index (χ1v) is 5.80. The van der Waals surface area contributed by atoms with Crippen LogP contribution in [-0.4, -0.2) is 33.7 Å². The summed E-state index contributed by atoms with van der Waals surface area (Å²) < 4.78 is 14.4. The SMILES string of the molecule is Fc1ccc2nc(NCC3CCCN3)nn2c1. The van der Waals surface area contributed by atoms with E-state index in [2.05, 4.69) is 20.7 Å². The second-order valence-corrected chi connectivity index (χ2v) is 4.26. The number of rotatable bonds is 3. The second-order valence-electron chi connectivity index (χ2n) is 4.26. The predicted molar refractivity (Wildman–Crippen MR) is 62.5 cm³/mol. The summed E-state index contributed by atoms with van der Waals surface area (Å²) in [7, 11) is 0. The Hall–Kier alpha value is -1.69. The lowest BCUT2D eigenvalue weighted by Crippen LogP contribution is -2.29. The fourth-order valence-electron chi connectivity index (χ4n) is 2.08. The summed E-state index contributed by atoms with van der Waals surface area (Å²) in [5.41, 5.74) is 0.647. The van der Waals surface area contributed by atoms with Crippen LogP contribution in [0, 0.1) is 5.82 Å². The Morgan fingerprint density at radius 1 is 1.53 bits per heavy atom. The van der Waals surface area contributed by atoms with E-state index >= 15 is 0 Å². The van der Waals surface area contributed by atoms with Crippen molar-refractivity contribution < 1.29 is 4.39 Å². The number of nitrogens with zero attached hydrogens (tertiary/aromatic N) is 3. The van der Waals surface area contributed by atoms with Gasteiger partial charge in [0.25, 0.3) is 0 Å². The van der Waals surface area contributed by atoms with E-state index in [1.807, 2.05) is 0 Å². The van der Waals surface area contributed by atoms with E-state index in [1.165, 1.54) is 29.6 Å². The predicted octanol–water partition coefficient (Wildman–Crippen LogP) is 1.03. The molecule has 6 heteroatoms. The molecule has 5 nitrogen and oxygen atoms in total. The molecule has 1 saturated heterocycles. The van der Waals surface area contributed by atoms with Gasteiger partial charge in [-0.15, -0.1) is 5.10 Å². The molecule has 3 heterocycles. The maximum absolute atomic E-state index is 13.0. The average molecular weight is 235 g/mol. The molecule has 3 rings (SSSR count). The molecule has 0 amide bonds. The third kappa shape index (κ3) is 2.21. The van der Waals surface area contributed by atoms with Gasteiger partial charge >= 0.3 is 0 Å². The molecular formula is C11H14FN5. The van der Waals surface area contributed by atoms with Crippen LogP contribution >= 0.6 is 0 Å². The Morgan fingerprint density at radius 3 is 3.29 bits per heavy atom. The van der Waals surface area contributed by atoms with Gasteiger partial charge in [0.2, 0.25) is 5.95 Å². The first kappa shape index (κ1) is 10.5. The molecule has 2 aromatic heterocycles. The second kappa shape index (κ2) is 4.29. The van der Waals surface area contributed by atoms with Crippen LogP contribution < -0.4 is 10.6 Å². The van der Waals surface area contributed by atoms with Gasteiger partial charge in [-0.2, -0.15) is 4.98 Å². The summed E-state index contributed by atoms with van der Waals surface area (Å²) in [5.74, 6) is 0.232. The van der Waals surface area contributed by atoms with Crippen LogP contribution in [-0.2, 0) is 0 Å². The van der Waals surface area contributed by atoms with Crippen LogP contribution in [0.25, 0.3) is 5.65 Å². The minimum Gasteiger partial charge on any atom is -0.351 e. The van der Waals surface area contributed by atoms with E-state index in [-0.39, 0.29) is 5.82 Å². The quantitative estimate of drug-likeness (QED) is 0.834. The van der Waals surface area contributed by atoms with Crippen LogP contribution in [0.3, 0.4) is 0 Å². The van der Waals surface area contributed by atoms with Gasteiger partial charge in [0.15, 0.2) is 5.65 Å². The van der Waals surface area contributed by atoms with E-state index in [4.69, 9.17) is 0 Å². The fourth-order valence-corrected chi connectivity index (χ4v) is 2.08. The van der Waals surface area contributed by atoms with Crippen LogP contribution in [0.15, 0.2) is 18.3 Å². The minimum absolute atomic E-state index is 0.314. The molecule has 2 N–H and O–H groups in total. The van der Waals surface area contributed by atoms with Crippen molar-refractivity contribution in [3.05, 3.63) is 24.1 Å². The molecular weight excluding hydrogens is 221 g/mol. The maximum atomic E-state index is 13.0. The number of aromatic nitrogens is 3. The summed E-state index contributed by atoms with van der Waals surface area (Å²) in [4.78, 5) is 4.26. The molecule has 17 heavy (non-hydrogen) atoms. The molecule has 1 aliphatic heterocycles. The van der Waals surface area contributed by atoms with Crippen molar-refractivity contribution in [3.8, 4) is 0 Å². The Bertz CT molecular complexity index is 518. The number of nitrogens with one attached hydrogen (secondary N) is 2. The third-order valence-electron chi connectivity index (χ3n) is 2.96. The summed E-state index contributed by atoms with van der Waals surface area (Å²) in [6.07, 6.45) is 3.71. The molecule has 0 bridgehead atoms. The van der Waals surface area contributed by atoms with Gasteiger partial charge in [0.05, 0.1) is 6.20 Å². The van der Waals surface area contributed by atoms with Crippen LogP contribution in [0.2, 0.25) is 0 Å². The van der Waals surface area contributed by atoms with Gasteiger partial charge < -0.3 is 10.6 Å². The van der Waals surface area contributed by atoms with Gasteiger partial charge in [-0.05, 0) is 31.5 Å². The number of hydrogen-bond acceptors (Lipinski definition) is 4. The van der Waals surface area contributed by atoms with E-state index in [0.29, 0.717) is 17.6 Å². The maximum Gasteiger partial charge on any atom is 0.243 e. The number of pyridine rings is 1. The fraction of sp³-hybridized carbons (Fsp3) is 0.455. The average Bonchev–Trinajstić information content (AvgIpc) is 2.94. The minimum atomic E-state index is -0.314. The Balaban J connectivity index is 1.72. The summed E-state index contributed by atoms with van der Waals surface area (Å²) in [6, 6.07) is 3.48. The number of anilines is 1. The molecule has 1 atom stereocenters. The molecule has 0 aliphatic carbocycles. The molecule has 0 spiro atoms. The lowest BCUT2D eigenvalue weighted by atomic mass is 10.2. The zero-order chi connectivity index (χ0) is 11.7. The largest absolute Gasteiger partial charge is 0.351 e. The topological polar surface area (TPSA) is 54.2 Å². The molecule has 2 aromatic rings. The van der Waals surface area contributed by atoms with Gasteiger partial charge in [-0.3, -0.25) is 0 Å². The van der Waals surface area contributed by atoms with Crippen molar-refractivity contribution in [1.82, 2.24) is 19.9 Å². The van der Waals surface area contributed by atoms with Crippen LogP contribution in [0.5, 0.6) is 0 Å².